The summed E-state index contributed by atoms with van der Waals surface area (Å²) in [5.41, 5.74) is 7.32. The van der Waals surface area contributed by atoms with Crippen LogP contribution in [-0.2, 0) is 0 Å². The van der Waals surface area contributed by atoms with Gasteiger partial charge in [-0.1, -0.05) is 6.07 Å². The van der Waals surface area contributed by atoms with Crippen LogP contribution in [0.25, 0.3) is 11.4 Å². The lowest BCUT2D eigenvalue weighted by Crippen LogP contribution is -2.44. The molecule has 5 nitrogen and oxygen atoms in total. The van der Waals surface area contributed by atoms with Gasteiger partial charge in [0.2, 0.25) is 0 Å². The average Bonchev–Trinajstić information content (AvgIpc) is 2.38. The summed E-state index contributed by atoms with van der Waals surface area (Å²) >= 11 is 0. The third-order valence-electron chi connectivity index (χ3n) is 2.61. The van der Waals surface area contributed by atoms with Crippen LogP contribution in [0.4, 0.5) is 5.82 Å². The van der Waals surface area contributed by atoms with Gasteiger partial charge in [0.05, 0.1) is 5.69 Å². The van der Waals surface area contributed by atoms with E-state index < -0.39 is 0 Å². The van der Waals surface area contributed by atoms with Gasteiger partial charge < -0.3 is 10.6 Å². The number of nitrogens with two attached hydrogens (primary N) is 1. The molecule has 0 amide bonds. The SMILES string of the molecule is CN(CC(C)(C)N)c1ccc(-c2ccccn2)nn1. The molecule has 0 saturated carbocycles. The highest BCUT2D eigenvalue weighted by molar-refractivity contribution is 5.54. The van der Waals surface area contributed by atoms with Gasteiger partial charge in [-0.3, -0.25) is 4.98 Å². The number of anilines is 1. The van der Waals surface area contributed by atoms with E-state index in [-0.39, 0.29) is 5.54 Å². The van der Waals surface area contributed by atoms with Crippen molar-refractivity contribution in [3.63, 3.8) is 0 Å². The Hall–Kier alpha value is -2.01. The molecule has 0 atom stereocenters. The van der Waals surface area contributed by atoms with E-state index in [0.29, 0.717) is 6.54 Å². The van der Waals surface area contributed by atoms with Gasteiger partial charge in [-0.25, -0.2) is 0 Å². The van der Waals surface area contributed by atoms with E-state index in [9.17, 15) is 0 Å². The summed E-state index contributed by atoms with van der Waals surface area (Å²) in [4.78, 5) is 6.24. The molecule has 2 N–H and O–H groups in total. The van der Waals surface area contributed by atoms with Gasteiger partial charge in [0.25, 0.3) is 0 Å². The van der Waals surface area contributed by atoms with Crippen LogP contribution in [0, 0.1) is 0 Å². The summed E-state index contributed by atoms with van der Waals surface area (Å²) in [6.07, 6.45) is 1.74. The molecule has 0 fully saturated rings. The van der Waals surface area contributed by atoms with Crippen molar-refractivity contribution in [2.45, 2.75) is 19.4 Å². The Morgan fingerprint density at radius 1 is 1.11 bits per heavy atom. The predicted octanol–water partition coefficient (Wildman–Crippen LogP) is 1.71. The van der Waals surface area contributed by atoms with Crippen molar-refractivity contribution < 1.29 is 0 Å². The quantitative estimate of drug-likeness (QED) is 0.903. The summed E-state index contributed by atoms with van der Waals surface area (Å²) in [6.45, 7) is 4.68. The standard InChI is InChI=1S/C14H19N5/c1-14(2,15)10-19(3)13-8-7-12(17-18-13)11-6-4-5-9-16-11/h4-9H,10,15H2,1-3H3. The van der Waals surface area contributed by atoms with Crippen molar-refractivity contribution in [2.75, 3.05) is 18.5 Å². The van der Waals surface area contributed by atoms with E-state index in [4.69, 9.17) is 5.73 Å². The molecule has 0 aliphatic rings. The molecule has 100 valence electrons. The molecule has 0 bridgehead atoms. The lowest BCUT2D eigenvalue weighted by Gasteiger charge is -2.26. The molecule has 2 heterocycles. The Balaban J connectivity index is 2.15. The maximum atomic E-state index is 5.99. The zero-order chi connectivity index (χ0) is 13.9. The zero-order valence-electron chi connectivity index (χ0n) is 11.5. The van der Waals surface area contributed by atoms with Crippen LogP contribution in [0.1, 0.15) is 13.8 Å². The number of likely N-dealkylation sites (N-methyl/N-ethyl adjacent to an activating group) is 1. The van der Waals surface area contributed by atoms with Crippen molar-refractivity contribution in [3.8, 4) is 11.4 Å². The second-order valence-corrected chi connectivity index (χ2v) is 5.34. The number of rotatable bonds is 4. The van der Waals surface area contributed by atoms with Gasteiger partial charge in [0.1, 0.15) is 5.69 Å². The summed E-state index contributed by atoms with van der Waals surface area (Å²) in [7, 11) is 1.96. The minimum atomic E-state index is -0.268. The molecule has 19 heavy (non-hydrogen) atoms. The number of aromatic nitrogens is 3. The van der Waals surface area contributed by atoms with Crippen LogP contribution < -0.4 is 10.6 Å². The van der Waals surface area contributed by atoms with Gasteiger partial charge in [0, 0.05) is 25.3 Å². The number of hydrogen-bond acceptors (Lipinski definition) is 5. The molecule has 0 spiro atoms. The molecule has 2 aromatic rings. The van der Waals surface area contributed by atoms with Crippen LogP contribution in [0.5, 0.6) is 0 Å². The summed E-state index contributed by atoms with van der Waals surface area (Å²) in [6, 6.07) is 9.58. The smallest absolute Gasteiger partial charge is 0.151 e. The van der Waals surface area contributed by atoms with E-state index in [1.807, 2.05) is 56.1 Å². The van der Waals surface area contributed by atoms with E-state index in [1.165, 1.54) is 0 Å². The van der Waals surface area contributed by atoms with E-state index >= 15 is 0 Å². The summed E-state index contributed by atoms with van der Waals surface area (Å²) in [5.74, 6) is 0.804. The zero-order valence-corrected chi connectivity index (χ0v) is 11.5. The van der Waals surface area contributed by atoms with Gasteiger partial charge >= 0.3 is 0 Å². The Bertz CT molecular complexity index is 516. The fourth-order valence-corrected chi connectivity index (χ4v) is 1.87. The lowest BCUT2D eigenvalue weighted by atomic mass is 10.1. The number of hydrogen-bond donors (Lipinski definition) is 1. The monoisotopic (exact) mass is 257 g/mol. The van der Waals surface area contributed by atoms with Crippen molar-refractivity contribution in [1.29, 1.82) is 0 Å². The summed E-state index contributed by atoms with van der Waals surface area (Å²) < 4.78 is 0. The van der Waals surface area contributed by atoms with Crippen molar-refractivity contribution in [1.82, 2.24) is 15.2 Å². The first-order chi connectivity index (χ1) is 8.96. The molecule has 2 rings (SSSR count). The minimum absolute atomic E-state index is 0.268. The van der Waals surface area contributed by atoms with E-state index in [1.54, 1.807) is 6.20 Å². The highest BCUT2D eigenvalue weighted by atomic mass is 15.3. The highest BCUT2D eigenvalue weighted by Gasteiger charge is 2.15. The van der Waals surface area contributed by atoms with Crippen LogP contribution >= 0.6 is 0 Å². The third-order valence-corrected chi connectivity index (χ3v) is 2.61. The van der Waals surface area contributed by atoms with Crippen molar-refractivity contribution in [2.24, 2.45) is 5.73 Å². The number of pyridine rings is 1. The van der Waals surface area contributed by atoms with E-state index in [0.717, 1.165) is 17.2 Å². The largest absolute Gasteiger partial charge is 0.356 e. The molecule has 0 aliphatic heterocycles. The molecule has 2 aromatic heterocycles. The van der Waals surface area contributed by atoms with Gasteiger partial charge in [-0.15, -0.1) is 10.2 Å². The Labute approximate surface area is 113 Å². The van der Waals surface area contributed by atoms with Crippen molar-refractivity contribution >= 4 is 5.82 Å². The molecule has 0 radical (unpaired) electrons. The maximum Gasteiger partial charge on any atom is 0.151 e. The fraction of sp³-hybridized carbons (Fsp3) is 0.357. The molecule has 0 aliphatic carbocycles. The second kappa shape index (κ2) is 5.32. The molecule has 0 saturated heterocycles. The van der Waals surface area contributed by atoms with Gasteiger partial charge in [-0.2, -0.15) is 0 Å². The first kappa shape index (κ1) is 13.4. The minimum Gasteiger partial charge on any atom is -0.356 e. The van der Waals surface area contributed by atoms with Crippen molar-refractivity contribution in [3.05, 3.63) is 36.5 Å². The normalized spacial score (nSPS) is 11.4. The van der Waals surface area contributed by atoms with Crippen LogP contribution in [0.3, 0.4) is 0 Å². The third kappa shape index (κ3) is 3.72. The maximum absolute atomic E-state index is 5.99. The number of nitrogens with zero attached hydrogens (tertiary/aromatic N) is 4. The topological polar surface area (TPSA) is 67.9 Å². The highest BCUT2D eigenvalue weighted by Crippen LogP contribution is 2.16. The fourth-order valence-electron chi connectivity index (χ4n) is 1.87. The lowest BCUT2D eigenvalue weighted by molar-refractivity contribution is 0.516. The van der Waals surface area contributed by atoms with Gasteiger partial charge in [-0.05, 0) is 38.1 Å². The Morgan fingerprint density at radius 3 is 2.42 bits per heavy atom. The predicted molar refractivity (Wildman–Crippen MR) is 76.8 cm³/mol. The molecular formula is C14H19N5. The molecular weight excluding hydrogens is 238 g/mol. The summed E-state index contributed by atoms with van der Waals surface area (Å²) in [5, 5.41) is 8.42. The van der Waals surface area contributed by atoms with Crippen LogP contribution in [0.15, 0.2) is 36.5 Å². The van der Waals surface area contributed by atoms with Gasteiger partial charge in [0.15, 0.2) is 5.82 Å². The Morgan fingerprint density at radius 2 is 1.89 bits per heavy atom. The first-order valence-corrected chi connectivity index (χ1v) is 6.21. The first-order valence-electron chi connectivity index (χ1n) is 6.21. The van der Waals surface area contributed by atoms with Crippen LogP contribution in [0.2, 0.25) is 0 Å². The van der Waals surface area contributed by atoms with E-state index in [2.05, 4.69) is 15.2 Å². The average molecular weight is 257 g/mol. The Kier molecular flexibility index (Phi) is 3.76. The van der Waals surface area contributed by atoms with Crippen LogP contribution in [-0.4, -0.2) is 34.3 Å². The molecule has 0 unspecified atom stereocenters. The molecule has 0 aromatic carbocycles. The molecule has 5 heteroatoms. The second-order valence-electron chi connectivity index (χ2n) is 5.34.